The van der Waals surface area contributed by atoms with Gasteiger partial charge < -0.3 is 10.1 Å². The Morgan fingerprint density at radius 2 is 1.94 bits per heavy atom. The van der Waals surface area contributed by atoms with Gasteiger partial charge in [-0.1, -0.05) is 37.8 Å². The van der Waals surface area contributed by atoms with Crippen LogP contribution < -0.4 is 0 Å². The van der Waals surface area contributed by atoms with Crippen LogP contribution in [0.25, 0.3) is 0 Å². The summed E-state index contributed by atoms with van der Waals surface area (Å²) in [6.45, 7) is 3.47. The first kappa shape index (κ1) is 13.4. The predicted octanol–water partition coefficient (Wildman–Crippen LogP) is 2.66. The molecule has 2 fully saturated rings. The number of oxime groups is 1. The maximum atomic E-state index is 12.5. The van der Waals surface area contributed by atoms with Crippen molar-refractivity contribution in [2.45, 2.75) is 51.9 Å². The molecule has 1 N–H and O–H groups in total. The fourth-order valence-corrected chi connectivity index (χ4v) is 3.16. The fourth-order valence-electron chi connectivity index (χ4n) is 3.16. The number of nitrogens with zero attached hydrogens (tertiary/aromatic N) is 2. The van der Waals surface area contributed by atoms with E-state index in [1.54, 1.807) is 0 Å². The molecule has 1 aliphatic carbocycles. The van der Waals surface area contributed by atoms with E-state index < -0.39 is 0 Å². The van der Waals surface area contributed by atoms with Crippen molar-refractivity contribution < 1.29 is 10.0 Å². The van der Waals surface area contributed by atoms with E-state index in [0.717, 1.165) is 31.5 Å². The number of piperidine rings is 1. The highest BCUT2D eigenvalue weighted by molar-refractivity contribution is 5.89. The Bertz CT molecular complexity index is 320. The first-order valence-electron chi connectivity index (χ1n) is 7.22. The number of hydrogen-bond donors (Lipinski definition) is 1. The van der Waals surface area contributed by atoms with Crippen LogP contribution in [0.4, 0.5) is 0 Å². The van der Waals surface area contributed by atoms with Gasteiger partial charge in [0.2, 0.25) is 5.91 Å². The molecule has 0 aromatic rings. The molecule has 2 rings (SSSR count). The Balaban J connectivity index is 1.93. The first-order valence-corrected chi connectivity index (χ1v) is 7.22. The van der Waals surface area contributed by atoms with Crippen molar-refractivity contribution in [2.24, 2.45) is 17.0 Å². The topological polar surface area (TPSA) is 52.9 Å². The Morgan fingerprint density at radius 3 is 2.50 bits per heavy atom. The second-order valence-electron chi connectivity index (χ2n) is 5.72. The minimum Gasteiger partial charge on any atom is -0.411 e. The number of rotatable bonds is 1. The molecule has 0 radical (unpaired) electrons. The molecule has 4 nitrogen and oxygen atoms in total. The van der Waals surface area contributed by atoms with Crippen molar-refractivity contribution in [3.8, 4) is 0 Å². The third-order valence-corrected chi connectivity index (χ3v) is 4.35. The van der Waals surface area contributed by atoms with Gasteiger partial charge in [0.05, 0.1) is 5.71 Å². The molecule has 1 amide bonds. The van der Waals surface area contributed by atoms with E-state index >= 15 is 0 Å². The number of carbonyl (C=O) groups is 1. The number of amides is 1. The summed E-state index contributed by atoms with van der Waals surface area (Å²) in [5, 5.41) is 12.2. The molecule has 1 saturated carbocycles. The van der Waals surface area contributed by atoms with Gasteiger partial charge in [0.15, 0.2) is 0 Å². The van der Waals surface area contributed by atoms with Gasteiger partial charge in [-0.2, -0.15) is 0 Å². The van der Waals surface area contributed by atoms with E-state index in [-0.39, 0.29) is 11.8 Å². The van der Waals surface area contributed by atoms with Crippen LogP contribution in [0.3, 0.4) is 0 Å². The standard InChI is InChI=1S/C14H24N2O2/c1-11-10-16(9-8-13(11)15-18)14(17)12-6-4-2-3-5-7-12/h11-12,18H,2-10H2,1H3. The lowest BCUT2D eigenvalue weighted by atomic mass is 9.93. The molecule has 18 heavy (non-hydrogen) atoms. The molecule has 102 valence electrons. The van der Waals surface area contributed by atoms with Gasteiger partial charge in [0.1, 0.15) is 0 Å². The zero-order valence-electron chi connectivity index (χ0n) is 11.3. The lowest BCUT2D eigenvalue weighted by Gasteiger charge is -2.33. The van der Waals surface area contributed by atoms with Crippen LogP contribution in [0.1, 0.15) is 51.9 Å². The average Bonchev–Trinajstić information content (AvgIpc) is 2.66. The van der Waals surface area contributed by atoms with E-state index in [1.165, 1.54) is 25.7 Å². The minimum absolute atomic E-state index is 0.193. The van der Waals surface area contributed by atoms with Crippen LogP contribution in [0.2, 0.25) is 0 Å². The maximum Gasteiger partial charge on any atom is 0.225 e. The smallest absolute Gasteiger partial charge is 0.225 e. The van der Waals surface area contributed by atoms with Crippen molar-refractivity contribution in [2.75, 3.05) is 13.1 Å². The van der Waals surface area contributed by atoms with Crippen molar-refractivity contribution in [3.63, 3.8) is 0 Å². The zero-order chi connectivity index (χ0) is 13.0. The summed E-state index contributed by atoms with van der Waals surface area (Å²) in [6.07, 6.45) is 7.79. The summed E-state index contributed by atoms with van der Waals surface area (Å²) in [5.74, 6) is 0.770. The Kier molecular flexibility index (Phi) is 4.61. The molecule has 4 heteroatoms. The van der Waals surface area contributed by atoms with Gasteiger partial charge in [-0.05, 0) is 12.8 Å². The molecule has 0 bridgehead atoms. The van der Waals surface area contributed by atoms with Crippen LogP contribution in [0.15, 0.2) is 5.16 Å². The normalized spacial score (nSPS) is 29.3. The monoisotopic (exact) mass is 252 g/mol. The Morgan fingerprint density at radius 1 is 1.28 bits per heavy atom. The van der Waals surface area contributed by atoms with E-state index in [1.807, 2.05) is 11.8 Å². The maximum absolute atomic E-state index is 12.5. The third-order valence-electron chi connectivity index (χ3n) is 4.35. The van der Waals surface area contributed by atoms with Gasteiger partial charge in [-0.25, -0.2) is 0 Å². The molecule has 1 heterocycles. The SMILES string of the molecule is CC1CN(C(=O)C2CCCCCC2)CCC1=NO. The van der Waals surface area contributed by atoms with E-state index in [2.05, 4.69) is 5.16 Å². The van der Waals surface area contributed by atoms with Crippen molar-refractivity contribution >= 4 is 11.6 Å². The fraction of sp³-hybridized carbons (Fsp3) is 0.857. The van der Waals surface area contributed by atoms with Crippen LogP contribution >= 0.6 is 0 Å². The lowest BCUT2D eigenvalue weighted by molar-refractivity contribution is -0.136. The second-order valence-corrected chi connectivity index (χ2v) is 5.72. The molecule has 0 aromatic carbocycles. The van der Waals surface area contributed by atoms with Crippen molar-refractivity contribution in [3.05, 3.63) is 0 Å². The molecular weight excluding hydrogens is 228 g/mol. The largest absolute Gasteiger partial charge is 0.411 e. The van der Waals surface area contributed by atoms with Gasteiger partial charge in [-0.15, -0.1) is 0 Å². The minimum atomic E-state index is 0.193. The molecule has 0 spiro atoms. The summed E-state index contributed by atoms with van der Waals surface area (Å²) in [6, 6.07) is 0. The molecule has 1 aliphatic heterocycles. The Hall–Kier alpha value is -1.06. The zero-order valence-corrected chi connectivity index (χ0v) is 11.3. The van der Waals surface area contributed by atoms with Crippen molar-refractivity contribution in [1.29, 1.82) is 0 Å². The molecule has 1 atom stereocenters. The summed E-state index contributed by atoms with van der Waals surface area (Å²) in [5.41, 5.74) is 0.833. The molecule has 0 aromatic heterocycles. The van der Waals surface area contributed by atoms with Crippen LogP contribution in [0.5, 0.6) is 0 Å². The Labute approximate surface area is 109 Å². The van der Waals surface area contributed by atoms with Gasteiger partial charge in [0.25, 0.3) is 0 Å². The third kappa shape index (κ3) is 3.03. The van der Waals surface area contributed by atoms with Crippen LogP contribution in [-0.4, -0.2) is 34.8 Å². The molecule has 2 aliphatic rings. The van der Waals surface area contributed by atoms with Crippen molar-refractivity contribution in [1.82, 2.24) is 4.90 Å². The lowest BCUT2D eigenvalue weighted by Crippen LogP contribution is -2.45. The summed E-state index contributed by atoms with van der Waals surface area (Å²) < 4.78 is 0. The predicted molar refractivity (Wildman–Crippen MR) is 70.8 cm³/mol. The quantitative estimate of drug-likeness (QED) is 0.443. The summed E-state index contributed by atoms with van der Waals surface area (Å²) in [4.78, 5) is 14.5. The average molecular weight is 252 g/mol. The van der Waals surface area contributed by atoms with Gasteiger partial charge >= 0.3 is 0 Å². The highest BCUT2D eigenvalue weighted by Gasteiger charge is 2.30. The molecule has 1 saturated heterocycles. The molecule has 1 unspecified atom stereocenters. The highest BCUT2D eigenvalue weighted by atomic mass is 16.4. The van der Waals surface area contributed by atoms with E-state index in [9.17, 15) is 4.79 Å². The number of likely N-dealkylation sites (tertiary alicyclic amines) is 1. The van der Waals surface area contributed by atoms with Crippen LogP contribution in [0, 0.1) is 11.8 Å². The summed E-state index contributed by atoms with van der Waals surface area (Å²) >= 11 is 0. The van der Waals surface area contributed by atoms with E-state index in [4.69, 9.17) is 5.21 Å². The second kappa shape index (κ2) is 6.21. The number of hydrogen-bond acceptors (Lipinski definition) is 3. The summed E-state index contributed by atoms with van der Waals surface area (Å²) in [7, 11) is 0. The number of carbonyl (C=O) groups excluding carboxylic acids is 1. The molecular formula is C14H24N2O2. The highest BCUT2D eigenvalue weighted by Crippen LogP contribution is 2.26. The van der Waals surface area contributed by atoms with Gasteiger partial charge in [-0.3, -0.25) is 4.79 Å². The first-order chi connectivity index (χ1) is 8.72. The van der Waals surface area contributed by atoms with Gasteiger partial charge in [0, 0.05) is 31.3 Å². The van der Waals surface area contributed by atoms with E-state index in [0.29, 0.717) is 12.5 Å². The van der Waals surface area contributed by atoms with Crippen LogP contribution in [-0.2, 0) is 4.79 Å².